The Morgan fingerprint density at radius 2 is 1.24 bits per heavy atom. The second kappa shape index (κ2) is 14.4. The molecular weight excluding hydrogens is 550 g/mol. The lowest BCUT2D eigenvalue weighted by Crippen LogP contribution is -2.46. The molecule has 4 aromatic carbocycles. The molecular formula is C35H38ClNO5. The van der Waals surface area contributed by atoms with Crippen LogP contribution in [0.3, 0.4) is 0 Å². The Balaban J connectivity index is 0.00000198. The van der Waals surface area contributed by atoms with E-state index >= 15 is 0 Å². The SMILES string of the molecule is CC.CCC(O)COc1ccc(C2(c3ccc(OCC(O)CCl)cc3)c3ccccc3C(=O)N2c2ccccc2)cc1. The molecule has 1 aliphatic rings. The van der Waals surface area contributed by atoms with Crippen LogP contribution in [0, 0.1) is 0 Å². The average molecular weight is 588 g/mol. The number of nitrogens with zero attached hydrogens (tertiary/aromatic N) is 1. The first-order valence-electron chi connectivity index (χ1n) is 14.4. The van der Waals surface area contributed by atoms with Gasteiger partial charge in [-0.1, -0.05) is 81.4 Å². The predicted molar refractivity (Wildman–Crippen MR) is 168 cm³/mol. The van der Waals surface area contributed by atoms with E-state index < -0.39 is 17.7 Å². The van der Waals surface area contributed by atoms with Gasteiger partial charge < -0.3 is 19.7 Å². The van der Waals surface area contributed by atoms with Gasteiger partial charge in [0.2, 0.25) is 0 Å². The third-order valence-corrected chi connectivity index (χ3v) is 7.53. The summed E-state index contributed by atoms with van der Waals surface area (Å²) in [5.74, 6) is 1.21. The van der Waals surface area contributed by atoms with Gasteiger partial charge in [-0.25, -0.2) is 0 Å². The number of aliphatic hydroxyl groups excluding tert-OH is 2. The number of amides is 1. The van der Waals surface area contributed by atoms with E-state index in [0.717, 1.165) is 22.4 Å². The van der Waals surface area contributed by atoms with Gasteiger partial charge in [-0.2, -0.15) is 0 Å². The minimum Gasteiger partial charge on any atom is -0.491 e. The summed E-state index contributed by atoms with van der Waals surface area (Å²) in [6.07, 6.45) is -0.693. The smallest absolute Gasteiger partial charge is 0.260 e. The molecule has 1 aliphatic heterocycles. The summed E-state index contributed by atoms with van der Waals surface area (Å²) in [4.78, 5) is 16.0. The summed E-state index contributed by atoms with van der Waals surface area (Å²) >= 11 is 5.72. The Hall–Kier alpha value is -3.84. The standard InChI is InChI=1S/C33H32ClNO5.C2H6/c1-2-26(36)21-39-28-16-12-23(13-17-28)33(24-14-18-29(19-15-24)40-22-27(37)20-34)31-11-7-6-10-30(31)32(38)35(33)25-8-4-3-5-9-25;1-2/h3-19,26-27,36-37H,2,20-22H2,1H3;1-2H3. The van der Waals surface area contributed by atoms with Crippen LogP contribution >= 0.6 is 11.6 Å². The van der Waals surface area contributed by atoms with Crippen molar-refractivity contribution in [2.24, 2.45) is 0 Å². The van der Waals surface area contributed by atoms with Crippen molar-refractivity contribution in [3.05, 3.63) is 125 Å². The van der Waals surface area contributed by atoms with Gasteiger partial charge in [0.05, 0.1) is 12.0 Å². The molecule has 0 bridgehead atoms. The molecule has 3 unspecified atom stereocenters. The van der Waals surface area contributed by atoms with Gasteiger partial charge in [-0.05, 0) is 65.6 Å². The zero-order valence-electron chi connectivity index (χ0n) is 24.2. The first kappa shape index (κ1) is 31.1. The van der Waals surface area contributed by atoms with Crippen LogP contribution in [-0.2, 0) is 5.54 Å². The molecule has 7 heteroatoms. The fourth-order valence-corrected chi connectivity index (χ4v) is 5.22. The first-order valence-corrected chi connectivity index (χ1v) is 14.9. The van der Waals surface area contributed by atoms with Crippen molar-refractivity contribution in [3.63, 3.8) is 0 Å². The van der Waals surface area contributed by atoms with Crippen molar-refractivity contribution in [1.82, 2.24) is 0 Å². The number of para-hydroxylation sites is 1. The minimum atomic E-state index is -0.981. The number of halogens is 1. The fourth-order valence-electron chi connectivity index (χ4n) is 5.13. The number of ether oxygens (including phenoxy) is 2. The maximum absolute atomic E-state index is 14.1. The Labute approximate surface area is 253 Å². The highest BCUT2D eigenvalue weighted by Crippen LogP contribution is 2.51. The van der Waals surface area contributed by atoms with Crippen LogP contribution in [0.5, 0.6) is 11.5 Å². The Kier molecular flexibility index (Phi) is 10.6. The first-order chi connectivity index (χ1) is 20.5. The van der Waals surface area contributed by atoms with E-state index in [-0.39, 0.29) is 25.0 Å². The van der Waals surface area contributed by atoms with E-state index in [1.165, 1.54) is 0 Å². The molecule has 1 heterocycles. The molecule has 1 amide bonds. The summed E-state index contributed by atoms with van der Waals surface area (Å²) in [6.45, 7) is 6.20. The van der Waals surface area contributed by atoms with Crippen molar-refractivity contribution in [2.45, 2.75) is 44.9 Å². The van der Waals surface area contributed by atoms with Gasteiger partial charge in [0.1, 0.15) is 36.4 Å². The number of anilines is 1. The molecule has 5 rings (SSSR count). The van der Waals surface area contributed by atoms with Gasteiger partial charge in [0, 0.05) is 11.3 Å². The van der Waals surface area contributed by atoms with Crippen LogP contribution in [0.1, 0.15) is 54.2 Å². The number of hydrogen-bond acceptors (Lipinski definition) is 5. The third-order valence-electron chi connectivity index (χ3n) is 7.18. The number of rotatable bonds is 11. The van der Waals surface area contributed by atoms with Crippen molar-refractivity contribution < 1.29 is 24.5 Å². The zero-order chi connectivity index (χ0) is 30.1. The summed E-state index contributed by atoms with van der Waals surface area (Å²) in [5.41, 5.74) is 3.03. The monoisotopic (exact) mass is 587 g/mol. The van der Waals surface area contributed by atoms with Gasteiger partial charge in [-0.3, -0.25) is 9.69 Å². The lowest BCUT2D eigenvalue weighted by molar-refractivity contribution is 0.0986. The number of aliphatic hydroxyl groups is 2. The topological polar surface area (TPSA) is 79.2 Å². The Morgan fingerprint density at radius 3 is 1.76 bits per heavy atom. The van der Waals surface area contributed by atoms with Gasteiger partial charge in [-0.15, -0.1) is 11.6 Å². The maximum atomic E-state index is 14.1. The number of hydrogen-bond donors (Lipinski definition) is 2. The molecule has 0 saturated carbocycles. The fraction of sp³-hybridized carbons (Fsp3) is 0.286. The third kappa shape index (κ3) is 6.16. The van der Waals surface area contributed by atoms with E-state index in [1.54, 1.807) is 0 Å². The van der Waals surface area contributed by atoms with E-state index in [4.69, 9.17) is 21.1 Å². The lowest BCUT2D eigenvalue weighted by Gasteiger charge is -2.40. The highest BCUT2D eigenvalue weighted by molar-refractivity contribution is 6.18. The molecule has 2 N–H and O–H groups in total. The van der Waals surface area contributed by atoms with Gasteiger partial charge >= 0.3 is 0 Å². The predicted octanol–water partition coefficient (Wildman–Crippen LogP) is 6.79. The number of carbonyl (C=O) groups excluding carboxylic acids is 1. The molecule has 0 fully saturated rings. The van der Waals surface area contributed by atoms with Crippen LogP contribution in [-0.4, -0.2) is 47.4 Å². The quantitative estimate of drug-likeness (QED) is 0.189. The minimum absolute atomic E-state index is 0.0830. The Bertz CT molecular complexity index is 1370. The van der Waals surface area contributed by atoms with Crippen molar-refractivity contribution in [2.75, 3.05) is 24.0 Å². The Morgan fingerprint density at radius 1 is 0.738 bits per heavy atom. The summed E-state index contributed by atoms with van der Waals surface area (Å²) in [7, 11) is 0. The second-order valence-electron chi connectivity index (χ2n) is 9.77. The highest BCUT2D eigenvalue weighted by atomic mass is 35.5. The van der Waals surface area contributed by atoms with E-state index in [9.17, 15) is 15.0 Å². The molecule has 0 spiro atoms. The number of fused-ring (bicyclic) bond motifs is 1. The van der Waals surface area contributed by atoms with Gasteiger partial charge in [0.15, 0.2) is 0 Å². The lowest BCUT2D eigenvalue weighted by atomic mass is 9.76. The molecule has 0 radical (unpaired) electrons. The molecule has 220 valence electrons. The molecule has 3 atom stereocenters. The number of benzene rings is 4. The summed E-state index contributed by atoms with van der Waals surface area (Å²) in [5, 5.41) is 19.8. The molecule has 4 aromatic rings. The largest absolute Gasteiger partial charge is 0.491 e. The highest BCUT2D eigenvalue weighted by Gasteiger charge is 2.52. The molecule has 0 aromatic heterocycles. The van der Waals surface area contributed by atoms with Crippen LogP contribution < -0.4 is 14.4 Å². The van der Waals surface area contributed by atoms with Crippen molar-refractivity contribution in [1.29, 1.82) is 0 Å². The van der Waals surface area contributed by atoms with Gasteiger partial charge in [0.25, 0.3) is 5.91 Å². The van der Waals surface area contributed by atoms with Crippen molar-refractivity contribution >= 4 is 23.2 Å². The average Bonchev–Trinajstić information content (AvgIpc) is 3.33. The van der Waals surface area contributed by atoms with Crippen molar-refractivity contribution in [3.8, 4) is 11.5 Å². The number of alkyl halides is 1. The van der Waals surface area contributed by atoms with Crippen LogP contribution in [0.4, 0.5) is 5.69 Å². The molecule has 6 nitrogen and oxygen atoms in total. The normalized spacial score (nSPS) is 17.1. The molecule has 42 heavy (non-hydrogen) atoms. The van der Waals surface area contributed by atoms with Crippen LogP contribution in [0.25, 0.3) is 0 Å². The summed E-state index contributed by atoms with van der Waals surface area (Å²) in [6, 6.07) is 32.6. The molecule has 0 saturated heterocycles. The number of carbonyl (C=O) groups is 1. The second-order valence-corrected chi connectivity index (χ2v) is 10.1. The van der Waals surface area contributed by atoms with E-state index in [1.807, 2.05) is 129 Å². The maximum Gasteiger partial charge on any atom is 0.260 e. The van der Waals surface area contributed by atoms with Crippen LogP contribution in [0.2, 0.25) is 0 Å². The zero-order valence-corrected chi connectivity index (χ0v) is 25.0. The van der Waals surface area contributed by atoms with E-state index in [0.29, 0.717) is 23.5 Å². The summed E-state index contributed by atoms with van der Waals surface area (Å²) < 4.78 is 11.5. The van der Waals surface area contributed by atoms with Crippen LogP contribution in [0.15, 0.2) is 103 Å². The van der Waals surface area contributed by atoms with E-state index in [2.05, 4.69) is 0 Å². The molecule has 0 aliphatic carbocycles.